The van der Waals surface area contributed by atoms with E-state index in [4.69, 9.17) is 57.3 Å². The molecule has 1 aromatic rings. The maximum Gasteiger partial charge on any atom is 0.326 e. The van der Waals surface area contributed by atoms with Crippen LogP contribution in [0.2, 0.25) is 0 Å². The molecule has 1 aliphatic heterocycles. The Morgan fingerprint density at radius 2 is 0.831 bits per heavy atom. The largest absolute Gasteiger partial charge is 0.480 e. The number of nitrogens with one attached hydrogen (secondary N) is 13. The molecule has 0 aromatic heterocycles. The Morgan fingerprint density at radius 3 is 1.27 bits per heavy atom. The molecule has 0 unspecified atom stereocenters. The molecule has 14 amide bonds. The van der Waals surface area contributed by atoms with Gasteiger partial charge in [0.25, 0.3) is 0 Å². The highest BCUT2D eigenvalue weighted by Crippen LogP contribution is 2.21. The second-order valence-electron chi connectivity index (χ2n) is 28.5. The molecule has 0 saturated carbocycles. The minimum absolute atomic E-state index is 0.00322. The van der Waals surface area contributed by atoms with Crippen LogP contribution in [0.15, 0.2) is 50.3 Å². The van der Waals surface area contributed by atoms with E-state index in [2.05, 4.69) is 102 Å². The Balaban J connectivity index is 2.47. The predicted octanol–water partition coefficient (Wildman–Crippen LogP) is -9.41. The molecule has 0 radical (unpaired) electrons. The molecule has 45 nitrogen and oxygen atoms in total. The standard InChI is InChI=1S/C72H126N28O17S/c1-7-38(3)54(99-63(111)49(33-42-19-10-9-11-20-42)96-56(104)40(5)89-59(107)44(22-14-28-83-69(75)76)91-53(103)35-87-52(102)34-88-58(106)43(74)37-118)65(113)90-41(6)57(105)97-50(36-101)64(112)93-46(23-15-29-84-70(77)78)60(108)92-47(24-16-30-85-71(79)80)62(110)98-55(39(4)8-2)66(114)94-45(21-12-13-27-73)61(109)95-48(25-17-31-86-72(81)82)67(115)100-32-18-26-51(100)68(116)117/h9-11,19-20,38-41,43-51,54-55,101,118H,7-8,12-18,21-37,73-74H2,1-6H3,(H,87,102)(H,88,106)(H,89,107)(H,90,113)(H,91,103)(H,92,108)(H,93,112)(H,94,114)(H,95,109)(H,96,104)(H,97,105)(H,98,110)(H,99,111)(H,116,117)(H4,75,76,83)(H4,77,78,84)(H4,79,80,85)(H4,81,82,86)/t38-,39-,40-,41-,43-,44-,45-,46-,47-,48-,49-,50-,51-,54-,55-/m0/s1. The van der Waals surface area contributed by atoms with Gasteiger partial charge in [-0.1, -0.05) is 70.9 Å². The van der Waals surface area contributed by atoms with Crippen LogP contribution in [0.4, 0.5) is 0 Å². The van der Waals surface area contributed by atoms with Crippen LogP contribution in [0.5, 0.6) is 0 Å². The summed E-state index contributed by atoms with van der Waals surface area (Å²) in [7, 11) is 0. The number of aliphatic carboxylic acids is 1. The molecular weight excluding hydrogens is 1560 g/mol. The maximum absolute atomic E-state index is 14.7. The van der Waals surface area contributed by atoms with Gasteiger partial charge in [-0.05, 0) is 121 Å². The average molecular weight is 1690 g/mol. The molecule has 0 aliphatic carbocycles. The zero-order valence-corrected chi connectivity index (χ0v) is 68.8. The number of hydrogen-bond donors (Lipinski definition) is 26. The van der Waals surface area contributed by atoms with Crippen molar-refractivity contribution >= 4 is 125 Å². The molecule has 35 N–H and O–H groups in total. The highest BCUT2D eigenvalue weighted by Gasteiger charge is 2.41. The van der Waals surface area contributed by atoms with E-state index in [1.807, 2.05) is 0 Å². The van der Waals surface area contributed by atoms with E-state index in [1.165, 1.54) is 18.7 Å². The number of aliphatic hydroxyl groups excluding tert-OH is 1. The third-order valence-corrected chi connectivity index (χ3v) is 19.3. The number of aliphatic hydroxyl groups is 1. The molecule has 0 bridgehead atoms. The van der Waals surface area contributed by atoms with Crippen LogP contribution in [0.25, 0.3) is 0 Å². The normalized spacial score (nSPS) is 15.8. The Bertz CT molecular complexity index is 3600. The van der Waals surface area contributed by atoms with Crippen molar-refractivity contribution in [1.82, 2.24) is 74.0 Å². The molecule has 46 heteroatoms. The molecule has 1 aliphatic rings. The summed E-state index contributed by atoms with van der Waals surface area (Å²) in [5, 5.41) is 53.6. The molecule has 1 aromatic carbocycles. The number of guanidine groups is 4. The highest BCUT2D eigenvalue weighted by molar-refractivity contribution is 7.80. The first-order chi connectivity index (χ1) is 55.8. The third kappa shape index (κ3) is 39.0. The van der Waals surface area contributed by atoms with Gasteiger partial charge in [0.2, 0.25) is 82.7 Å². The summed E-state index contributed by atoms with van der Waals surface area (Å²) < 4.78 is 0. The number of carbonyl (C=O) groups excluding carboxylic acids is 14. The summed E-state index contributed by atoms with van der Waals surface area (Å²) in [6, 6.07) is -9.80. The van der Waals surface area contributed by atoms with Gasteiger partial charge in [-0.25, -0.2) is 4.79 Å². The fourth-order valence-electron chi connectivity index (χ4n) is 11.8. The lowest BCUT2D eigenvalue weighted by atomic mass is 9.96. The predicted molar refractivity (Wildman–Crippen MR) is 441 cm³/mol. The first-order valence-electron chi connectivity index (χ1n) is 39.2. The molecule has 0 spiro atoms. The van der Waals surface area contributed by atoms with Crippen LogP contribution in [0, 0.1) is 11.8 Å². The number of nitrogens with zero attached hydrogens (tertiary/aromatic N) is 5. The molecule has 15 atom stereocenters. The van der Waals surface area contributed by atoms with Crippen LogP contribution in [-0.4, -0.2) is 271 Å². The second-order valence-corrected chi connectivity index (χ2v) is 28.8. The van der Waals surface area contributed by atoms with Crippen molar-refractivity contribution in [2.24, 2.45) is 89.1 Å². The van der Waals surface area contributed by atoms with E-state index in [-0.39, 0.29) is 152 Å². The maximum atomic E-state index is 14.7. The third-order valence-electron chi connectivity index (χ3n) is 18.9. The van der Waals surface area contributed by atoms with E-state index in [0.29, 0.717) is 24.8 Å². The number of carboxylic acid groups (broad SMARTS) is 1. The van der Waals surface area contributed by atoms with E-state index in [1.54, 1.807) is 58.0 Å². The van der Waals surface area contributed by atoms with Gasteiger partial charge in [0.1, 0.15) is 72.5 Å². The molecule has 118 heavy (non-hydrogen) atoms. The van der Waals surface area contributed by atoms with Crippen LogP contribution in [0.3, 0.4) is 0 Å². The summed E-state index contributed by atoms with van der Waals surface area (Å²) >= 11 is 3.94. The molecule has 1 saturated heterocycles. The Kier molecular flexibility index (Phi) is 48.1. The van der Waals surface area contributed by atoms with Crippen molar-refractivity contribution in [3.63, 3.8) is 0 Å². The fourth-order valence-corrected chi connectivity index (χ4v) is 11.9. The van der Waals surface area contributed by atoms with Gasteiger partial charge in [-0.15, -0.1) is 0 Å². The van der Waals surface area contributed by atoms with Crippen molar-refractivity contribution in [3.8, 4) is 0 Å². The number of hydrogen-bond acceptors (Lipinski definition) is 23. The summed E-state index contributed by atoms with van der Waals surface area (Å²) in [4.78, 5) is 224. The number of aliphatic imine (C=N–C) groups is 4. The number of likely N-dealkylation sites (tertiary alicyclic amines) is 1. The van der Waals surface area contributed by atoms with Gasteiger partial charge in [-0.3, -0.25) is 87.1 Å². The lowest BCUT2D eigenvalue weighted by Gasteiger charge is -2.30. The van der Waals surface area contributed by atoms with Crippen LogP contribution in [-0.2, 0) is 78.3 Å². The molecule has 2 rings (SSSR count). The molecule has 662 valence electrons. The lowest BCUT2D eigenvalue weighted by Crippen LogP contribution is -2.61. The highest BCUT2D eigenvalue weighted by atomic mass is 32.1. The van der Waals surface area contributed by atoms with Gasteiger partial charge < -0.3 is 142 Å². The lowest BCUT2D eigenvalue weighted by molar-refractivity contribution is -0.149. The van der Waals surface area contributed by atoms with Crippen LogP contribution >= 0.6 is 12.6 Å². The minimum atomic E-state index is -1.83. The monoisotopic (exact) mass is 1690 g/mol. The molecule has 1 heterocycles. The zero-order valence-electron chi connectivity index (χ0n) is 67.9. The van der Waals surface area contributed by atoms with Gasteiger partial charge in [0.05, 0.1) is 25.7 Å². The van der Waals surface area contributed by atoms with Crippen molar-refractivity contribution in [2.75, 3.05) is 64.7 Å². The van der Waals surface area contributed by atoms with Crippen LogP contribution < -0.4 is 126 Å². The van der Waals surface area contributed by atoms with E-state index in [0.717, 1.165) is 0 Å². The first kappa shape index (κ1) is 103. The minimum Gasteiger partial charge on any atom is -0.480 e. The number of thiol groups is 1. The number of nitrogens with two attached hydrogens (primary N) is 10. The smallest absolute Gasteiger partial charge is 0.326 e. The van der Waals surface area contributed by atoms with Crippen LogP contribution in [0.1, 0.15) is 143 Å². The topological polar surface area (TPSA) is 766 Å². The number of unbranched alkanes of at least 4 members (excludes halogenated alkanes) is 1. The van der Waals surface area contributed by atoms with Gasteiger partial charge in [0.15, 0.2) is 23.8 Å². The fraction of sp³-hybridized carbons (Fsp3) is 0.653. The average Bonchev–Trinajstić information content (AvgIpc) is 1.56. The van der Waals surface area contributed by atoms with Crippen molar-refractivity contribution in [2.45, 2.75) is 223 Å². The summed E-state index contributed by atoms with van der Waals surface area (Å²) in [5.41, 5.74) is 56.3. The van der Waals surface area contributed by atoms with E-state index < -0.39 is 199 Å². The van der Waals surface area contributed by atoms with Gasteiger partial charge in [0, 0.05) is 44.9 Å². The number of carboxylic acids is 1. The number of rotatable bonds is 56. The Hall–Kier alpha value is -11.4. The number of benzene rings is 1. The molecular formula is C72H126N28O17S. The quantitative estimate of drug-likeness (QED) is 0.0125. The summed E-state index contributed by atoms with van der Waals surface area (Å²) in [6.45, 7) is 7.27. The van der Waals surface area contributed by atoms with Crippen molar-refractivity contribution in [1.29, 1.82) is 0 Å². The van der Waals surface area contributed by atoms with Gasteiger partial charge in [-0.2, -0.15) is 12.6 Å². The van der Waals surface area contributed by atoms with Crippen molar-refractivity contribution in [3.05, 3.63) is 35.9 Å². The van der Waals surface area contributed by atoms with Gasteiger partial charge >= 0.3 is 5.97 Å². The van der Waals surface area contributed by atoms with Crippen molar-refractivity contribution < 1.29 is 82.1 Å². The summed E-state index contributed by atoms with van der Waals surface area (Å²) in [6.07, 6.45) is 1.50. The van der Waals surface area contributed by atoms with E-state index >= 15 is 0 Å². The molecule has 1 fully saturated rings. The number of carbonyl (C=O) groups is 15. The zero-order chi connectivity index (χ0) is 88.7. The number of amides is 14. The summed E-state index contributed by atoms with van der Waals surface area (Å²) in [5.74, 6) is -15.9. The van der Waals surface area contributed by atoms with E-state index in [9.17, 15) is 82.1 Å². The second kappa shape index (κ2) is 55.2. The first-order valence-corrected chi connectivity index (χ1v) is 39.8. The SMILES string of the molecule is CC[C@H](C)[C@H](NC(=O)[C@H](Cc1ccccc1)NC(=O)[C@H](C)NC(=O)[C@H](CCCN=C(N)N)NC(=O)CNC(=O)CNC(=O)[C@@H](N)CS)C(=O)N[C@@H](C)C(=O)N[C@@H](CO)C(=O)N[C@@H](CCCN=C(N)N)C(=O)N[C@@H](CCCN=C(N)N)C(=O)N[C@H](C(=O)N[C@@H](CCCCN)C(=O)N[C@@H](CCCN=C(N)N)C(=O)N1CCC[C@H]1C(=O)O)[C@@H](C)CC. The Morgan fingerprint density at radius 1 is 0.458 bits per heavy atom. The Labute approximate surface area is 691 Å².